The summed E-state index contributed by atoms with van der Waals surface area (Å²) in [5.41, 5.74) is 12.5. The van der Waals surface area contributed by atoms with E-state index in [1.54, 1.807) is 0 Å². The van der Waals surface area contributed by atoms with E-state index in [0.29, 0.717) is 0 Å². The zero-order valence-electron chi connectivity index (χ0n) is 10.0. The maximum atomic E-state index is 5.95. The third-order valence-corrected chi connectivity index (χ3v) is 3.20. The van der Waals surface area contributed by atoms with Crippen LogP contribution in [0.5, 0.6) is 0 Å². The van der Waals surface area contributed by atoms with Crippen molar-refractivity contribution < 1.29 is 0 Å². The highest BCUT2D eigenvalue weighted by atomic mass is 127. The minimum Gasteiger partial charge on any atom is -0.398 e. The van der Waals surface area contributed by atoms with E-state index in [0.717, 1.165) is 26.2 Å². The summed E-state index contributed by atoms with van der Waals surface area (Å²) in [6.07, 6.45) is 0. The van der Waals surface area contributed by atoms with Crippen molar-refractivity contribution in [3.8, 4) is 0 Å². The first-order valence-corrected chi connectivity index (χ1v) is 6.65. The SMILES string of the molecule is C/C(=N\Nc1ccccc1)c1cc(I)ccc1N. The summed E-state index contributed by atoms with van der Waals surface area (Å²) in [4.78, 5) is 0. The lowest BCUT2D eigenvalue weighted by Crippen LogP contribution is -2.04. The van der Waals surface area contributed by atoms with E-state index in [2.05, 4.69) is 33.1 Å². The summed E-state index contributed by atoms with van der Waals surface area (Å²) in [7, 11) is 0. The number of hydrogen-bond donors (Lipinski definition) is 2. The van der Waals surface area contributed by atoms with Crippen molar-refractivity contribution in [3.63, 3.8) is 0 Å². The second-order valence-electron chi connectivity index (χ2n) is 3.91. The average Bonchev–Trinajstić information content (AvgIpc) is 2.40. The molecular weight excluding hydrogens is 337 g/mol. The number of hydrogen-bond acceptors (Lipinski definition) is 3. The van der Waals surface area contributed by atoms with Gasteiger partial charge in [0.2, 0.25) is 0 Å². The largest absolute Gasteiger partial charge is 0.398 e. The Kier molecular flexibility index (Phi) is 4.19. The van der Waals surface area contributed by atoms with Gasteiger partial charge in [0.15, 0.2) is 0 Å². The van der Waals surface area contributed by atoms with Gasteiger partial charge < -0.3 is 5.73 Å². The fourth-order valence-electron chi connectivity index (χ4n) is 1.56. The molecule has 18 heavy (non-hydrogen) atoms. The Labute approximate surface area is 120 Å². The van der Waals surface area contributed by atoms with Gasteiger partial charge in [0, 0.05) is 14.8 Å². The standard InChI is InChI=1S/C14H14IN3/c1-10(13-9-11(15)7-8-14(13)16)17-18-12-5-3-2-4-6-12/h2-9,18H,16H2,1H3/b17-10+. The van der Waals surface area contributed by atoms with Crippen LogP contribution in [0, 0.1) is 3.57 Å². The molecular formula is C14H14IN3. The maximum absolute atomic E-state index is 5.95. The Morgan fingerprint density at radius 1 is 1.17 bits per heavy atom. The normalized spacial score (nSPS) is 11.3. The van der Waals surface area contributed by atoms with Crippen molar-refractivity contribution in [1.82, 2.24) is 0 Å². The molecule has 0 heterocycles. The van der Waals surface area contributed by atoms with Crippen LogP contribution in [-0.4, -0.2) is 5.71 Å². The van der Waals surface area contributed by atoms with Crippen molar-refractivity contribution in [2.75, 3.05) is 11.2 Å². The Bertz CT molecular complexity index is 565. The van der Waals surface area contributed by atoms with Crippen molar-refractivity contribution in [3.05, 3.63) is 57.7 Å². The van der Waals surface area contributed by atoms with Gasteiger partial charge in [-0.1, -0.05) is 18.2 Å². The quantitative estimate of drug-likeness (QED) is 0.383. The van der Waals surface area contributed by atoms with E-state index in [1.807, 2.05) is 55.5 Å². The molecule has 4 heteroatoms. The second kappa shape index (κ2) is 5.86. The zero-order valence-corrected chi connectivity index (χ0v) is 12.2. The Morgan fingerprint density at radius 2 is 1.89 bits per heavy atom. The molecule has 2 aromatic carbocycles. The molecule has 0 spiro atoms. The molecule has 0 atom stereocenters. The van der Waals surface area contributed by atoms with E-state index >= 15 is 0 Å². The lowest BCUT2D eigenvalue weighted by molar-refractivity contribution is 1.32. The van der Waals surface area contributed by atoms with Crippen molar-refractivity contribution >= 4 is 39.7 Å². The summed E-state index contributed by atoms with van der Waals surface area (Å²) in [6.45, 7) is 1.94. The van der Waals surface area contributed by atoms with Crippen LogP contribution in [0.1, 0.15) is 12.5 Å². The highest BCUT2D eigenvalue weighted by Gasteiger charge is 2.03. The van der Waals surface area contributed by atoms with Gasteiger partial charge in [0.25, 0.3) is 0 Å². The van der Waals surface area contributed by atoms with Crippen LogP contribution in [0.4, 0.5) is 11.4 Å². The van der Waals surface area contributed by atoms with Crippen LogP contribution < -0.4 is 11.2 Å². The third kappa shape index (κ3) is 3.22. The molecule has 3 N–H and O–H groups in total. The predicted molar refractivity (Wildman–Crippen MR) is 85.8 cm³/mol. The summed E-state index contributed by atoms with van der Waals surface area (Å²) in [5.74, 6) is 0. The molecule has 0 unspecified atom stereocenters. The molecule has 0 aliphatic heterocycles. The lowest BCUT2D eigenvalue weighted by Gasteiger charge is -2.07. The minimum atomic E-state index is 0.742. The van der Waals surface area contributed by atoms with E-state index < -0.39 is 0 Å². The second-order valence-corrected chi connectivity index (χ2v) is 5.15. The number of nitrogen functional groups attached to an aromatic ring is 1. The van der Waals surface area contributed by atoms with Gasteiger partial charge in [-0.15, -0.1) is 0 Å². The van der Waals surface area contributed by atoms with Crippen LogP contribution >= 0.6 is 22.6 Å². The number of para-hydroxylation sites is 1. The highest BCUT2D eigenvalue weighted by molar-refractivity contribution is 14.1. The van der Waals surface area contributed by atoms with Crippen LogP contribution in [0.15, 0.2) is 53.6 Å². The van der Waals surface area contributed by atoms with Crippen molar-refractivity contribution in [2.45, 2.75) is 6.92 Å². The Hall–Kier alpha value is -1.56. The van der Waals surface area contributed by atoms with Gasteiger partial charge in [-0.25, -0.2) is 0 Å². The van der Waals surface area contributed by atoms with Crippen molar-refractivity contribution in [2.24, 2.45) is 5.10 Å². The smallest absolute Gasteiger partial charge is 0.0669 e. The topological polar surface area (TPSA) is 50.4 Å². The number of nitrogens with one attached hydrogen (secondary N) is 1. The van der Waals surface area contributed by atoms with Gasteiger partial charge in [-0.2, -0.15) is 5.10 Å². The van der Waals surface area contributed by atoms with Gasteiger partial charge in [-0.3, -0.25) is 5.43 Å². The molecule has 0 aliphatic carbocycles. The third-order valence-electron chi connectivity index (χ3n) is 2.53. The summed E-state index contributed by atoms with van der Waals surface area (Å²) in [5, 5.41) is 4.35. The first-order valence-electron chi connectivity index (χ1n) is 5.57. The van der Waals surface area contributed by atoms with Gasteiger partial charge >= 0.3 is 0 Å². The van der Waals surface area contributed by atoms with Gasteiger partial charge in [0.05, 0.1) is 11.4 Å². The minimum absolute atomic E-state index is 0.742. The summed E-state index contributed by atoms with van der Waals surface area (Å²) >= 11 is 2.26. The molecule has 3 nitrogen and oxygen atoms in total. The Balaban J connectivity index is 2.20. The van der Waals surface area contributed by atoms with E-state index in [-0.39, 0.29) is 0 Å². The Morgan fingerprint density at radius 3 is 2.61 bits per heavy atom. The number of nitrogens with two attached hydrogens (primary N) is 1. The molecule has 0 radical (unpaired) electrons. The fourth-order valence-corrected chi connectivity index (χ4v) is 2.05. The summed E-state index contributed by atoms with van der Waals surface area (Å²) < 4.78 is 1.14. The van der Waals surface area contributed by atoms with Crippen LogP contribution in [-0.2, 0) is 0 Å². The average molecular weight is 351 g/mol. The fraction of sp³-hybridized carbons (Fsp3) is 0.0714. The van der Waals surface area contributed by atoms with Crippen LogP contribution in [0.3, 0.4) is 0 Å². The van der Waals surface area contributed by atoms with E-state index in [4.69, 9.17) is 5.73 Å². The number of halogens is 1. The molecule has 2 aromatic rings. The number of benzene rings is 2. The number of hydrazone groups is 1. The van der Waals surface area contributed by atoms with Gasteiger partial charge in [-0.05, 0) is 59.8 Å². The predicted octanol–water partition coefficient (Wildman–Crippen LogP) is 3.71. The van der Waals surface area contributed by atoms with Crippen LogP contribution in [0.25, 0.3) is 0 Å². The molecule has 0 aromatic heterocycles. The molecule has 0 fully saturated rings. The van der Waals surface area contributed by atoms with E-state index in [1.165, 1.54) is 0 Å². The molecule has 0 saturated heterocycles. The van der Waals surface area contributed by atoms with Gasteiger partial charge in [0.1, 0.15) is 0 Å². The maximum Gasteiger partial charge on any atom is 0.0669 e. The number of anilines is 2. The first-order chi connectivity index (χ1) is 8.66. The lowest BCUT2D eigenvalue weighted by atomic mass is 10.1. The van der Waals surface area contributed by atoms with E-state index in [9.17, 15) is 0 Å². The molecule has 0 saturated carbocycles. The molecule has 92 valence electrons. The zero-order chi connectivity index (χ0) is 13.0. The molecule has 0 amide bonds. The van der Waals surface area contributed by atoms with Crippen molar-refractivity contribution in [1.29, 1.82) is 0 Å². The highest BCUT2D eigenvalue weighted by Crippen LogP contribution is 2.17. The molecule has 0 bridgehead atoms. The number of rotatable bonds is 3. The van der Waals surface area contributed by atoms with Crippen LogP contribution in [0.2, 0.25) is 0 Å². The number of nitrogens with zero attached hydrogens (tertiary/aromatic N) is 1. The molecule has 2 rings (SSSR count). The molecule has 0 aliphatic rings. The summed E-state index contributed by atoms with van der Waals surface area (Å²) in [6, 6.07) is 15.8. The monoisotopic (exact) mass is 351 g/mol. The first kappa shape index (κ1) is 12.9.